The minimum Gasteiger partial charge on any atom is -0.481 e. The van der Waals surface area contributed by atoms with Gasteiger partial charge in [-0.25, -0.2) is 14.4 Å². The Morgan fingerprint density at radius 2 is 1.61 bits per heavy atom. The standard InChI is InChI=1S/C28H41N7O9.C2HF3O2/c1-16(2)13-20(26(41)42)33-24(39)21(14-22(36)37)35-12-10-19(25(35)40)32-23(38)18(9-6-11-31-27(29)30)34-28(43)44-15-17-7-4-3-5-8-17;3-2(4,5)1(6)7/h3-5,7-8,16,18-21H,6,9-15H2,1-2H3,(H,32,38)(H,33,39)(H,34,43)(H,36,37)(H,41,42)(H4,29,30,31);(H,6,7)/t18-,19-,20-,21-;/m0./s1. The predicted molar refractivity (Wildman–Crippen MR) is 170 cm³/mol. The van der Waals surface area contributed by atoms with E-state index < -0.39 is 78.5 Å². The second-order valence-electron chi connectivity index (χ2n) is 11.5. The van der Waals surface area contributed by atoms with Gasteiger partial charge < -0.3 is 52.4 Å². The third-order valence-electron chi connectivity index (χ3n) is 6.93. The molecule has 1 aromatic rings. The molecule has 2 rings (SSSR count). The molecule has 1 fully saturated rings. The topological polar surface area (TPSA) is 293 Å². The number of carbonyl (C=O) groups is 7. The van der Waals surface area contributed by atoms with Gasteiger partial charge in [0.25, 0.3) is 0 Å². The third kappa shape index (κ3) is 16.6. The number of carboxylic acids is 3. The van der Waals surface area contributed by atoms with Crippen LogP contribution in [0.15, 0.2) is 35.3 Å². The molecular weight excluding hydrogens is 691 g/mol. The molecule has 1 heterocycles. The normalized spacial score (nSPS) is 15.7. The van der Waals surface area contributed by atoms with E-state index >= 15 is 0 Å². The van der Waals surface area contributed by atoms with Crippen molar-refractivity contribution in [1.82, 2.24) is 20.9 Å². The number of hydrogen-bond acceptors (Lipinski definition) is 9. The van der Waals surface area contributed by atoms with Gasteiger partial charge in [-0.3, -0.25) is 24.2 Å². The number of alkyl carbamates (subject to hydrolysis) is 1. The number of aliphatic carboxylic acids is 3. The van der Waals surface area contributed by atoms with Crippen LogP contribution in [0, 0.1) is 5.92 Å². The Morgan fingerprint density at radius 3 is 2.12 bits per heavy atom. The van der Waals surface area contributed by atoms with Gasteiger partial charge in [-0.1, -0.05) is 44.2 Å². The molecule has 0 aliphatic carbocycles. The Bertz CT molecular complexity index is 1410. The summed E-state index contributed by atoms with van der Waals surface area (Å²) in [5.41, 5.74) is 11.4. The lowest BCUT2D eigenvalue weighted by Crippen LogP contribution is -2.55. The van der Waals surface area contributed by atoms with Crippen LogP contribution in [0.5, 0.6) is 0 Å². The summed E-state index contributed by atoms with van der Waals surface area (Å²) in [4.78, 5) is 89.0. The zero-order chi connectivity index (χ0) is 38.9. The fourth-order valence-electron chi connectivity index (χ4n) is 4.57. The molecule has 10 N–H and O–H groups in total. The van der Waals surface area contributed by atoms with E-state index in [0.717, 1.165) is 10.5 Å². The van der Waals surface area contributed by atoms with Gasteiger partial charge in [0, 0.05) is 13.1 Å². The van der Waals surface area contributed by atoms with Gasteiger partial charge in [0.15, 0.2) is 5.96 Å². The summed E-state index contributed by atoms with van der Waals surface area (Å²) in [6.07, 6.45) is -6.21. The maximum atomic E-state index is 13.3. The molecule has 1 aliphatic rings. The van der Waals surface area contributed by atoms with Crippen LogP contribution in [0.2, 0.25) is 0 Å². The highest BCUT2D eigenvalue weighted by Crippen LogP contribution is 2.19. The molecule has 1 saturated heterocycles. The predicted octanol–water partition coefficient (Wildman–Crippen LogP) is 0.144. The number of benzene rings is 1. The van der Waals surface area contributed by atoms with Gasteiger partial charge in [0.2, 0.25) is 17.7 Å². The maximum Gasteiger partial charge on any atom is 0.490 e. The summed E-state index contributed by atoms with van der Waals surface area (Å²) in [5, 5.41) is 33.4. The molecular formula is C30H42F3N7O11. The molecule has 0 radical (unpaired) electrons. The average Bonchev–Trinajstić information content (AvgIpc) is 3.38. The van der Waals surface area contributed by atoms with Crippen molar-refractivity contribution < 1.29 is 66.8 Å². The van der Waals surface area contributed by atoms with Gasteiger partial charge in [0.05, 0.1) is 6.42 Å². The van der Waals surface area contributed by atoms with Crippen molar-refractivity contribution in [2.45, 2.75) is 82.9 Å². The zero-order valence-corrected chi connectivity index (χ0v) is 27.7. The molecule has 0 saturated carbocycles. The van der Waals surface area contributed by atoms with E-state index in [9.17, 15) is 52.2 Å². The van der Waals surface area contributed by atoms with E-state index in [4.69, 9.17) is 26.1 Å². The Hall–Kier alpha value is -5.63. The summed E-state index contributed by atoms with van der Waals surface area (Å²) < 4.78 is 37.0. The summed E-state index contributed by atoms with van der Waals surface area (Å²) in [6, 6.07) is 3.83. The van der Waals surface area contributed by atoms with E-state index in [0.29, 0.717) is 6.42 Å². The Kier molecular flexibility index (Phi) is 17.7. The average molecular weight is 734 g/mol. The first kappa shape index (κ1) is 43.4. The number of aliphatic imine (C=N–C) groups is 1. The number of hydrogen-bond donors (Lipinski definition) is 8. The van der Waals surface area contributed by atoms with E-state index in [-0.39, 0.29) is 50.8 Å². The lowest BCUT2D eigenvalue weighted by atomic mass is 10.0. The zero-order valence-electron chi connectivity index (χ0n) is 27.7. The monoisotopic (exact) mass is 733 g/mol. The third-order valence-corrected chi connectivity index (χ3v) is 6.93. The Morgan fingerprint density at radius 1 is 1.00 bits per heavy atom. The van der Waals surface area contributed by atoms with Crippen molar-refractivity contribution in [3.8, 4) is 0 Å². The van der Waals surface area contributed by atoms with Crippen LogP contribution in [0.4, 0.5) is 18.0 Å². The fourth-order valence-corrected chi connectivity index (χ4v) is 4.57. The van der Waals surface area contributed by atoms with Gasteiger partial charge in [-0.2, -0.15) is 13.2 Å². The molecule has 1 aliphatic heterocycles. The summed E-state index contributed by atoms with van der Waals surface area (Å²) >= 11 is 0. The number of carbonyl (C=O) groups excluding carboxylic acids is 4. The van der Waals surface area contributed by atoms with Crippen LogP contribution in [0.1, 0.15) is 51.5 Å². The molecule has 4 amide bonds. The Balaban J connectivity index is 0.00000167. The molecule has 4 atom stereocenters. The van der Waals surface area contributed by atoms with Crippen molar-refractivity contribution >= 4 is 47.7 Å². The number of ether oxygens (including phenoxy) is 1. The van der Waals surface area contributed by atoms with Gasteiger partial charge in [-0.15, -0.1) is 0 Å². The van der Waals surface area contributed by atoms with Crippen LogP contribution in [0.25, 0.3) is 0 Å². The van der Waals surface area contributed by atoms with E-state index in [1.165, 1.54) is 0 Å². The minimum absolute atomic E-state index is 0.0432. The van der Waals surface area contributed by atoms with Crippen LogP contribution in [-0.2, 0) is 40.1 Å². The second-order valence-corrected chi connectivity index (χ2v) is 11.5. The number of nitrogens with one attached hydrogen (secondary N) is 3. The van der Waals surface area contributed by atoms with Gasteiger partial charge in [0.1, 0.15) is 30.8 Å². The van der Waals surface area contributed by atoms with Crippen molar-refractivity contribution in [2.24, 2.45) is 22.4 Å². The summed E-state index contributed by atoms with van der Waals surface area (Å²) in [7, 11) is 0. The Labute approximate surface area is 289 Å². The van der Waals surface area contributed by atoms with Crippen molar-refractivity contribution in [2.75, 3.05) is 13.1 Å². The van der Waals surface area contributed by atoms with Gasteiger partial charge in [-0.05, 0) is 37.2 Å². The number of nitrogens with two attached hydrogens (primary N) is 2. The number of nitrogens with zero attached hydrogens (tertiary/aromatic N) is 2. The molecule has 284 valence electrons. The number of amides is 4. The van der Waals surface area contributed by atoms with E-state index in [1.807, 2.05) is 6.07 Å². The molecule has 0 spiro atoms. The number of halogens is 3. The summed E-state index contributed by atoms with van der Waals surface area (Å²) in [5.74, 6) is -8.01. The first-order valence-electron chi connectivity index (χ1n) is 15.4. The maximum absolute atomic E-state index is 13.3. The molecule has 21 heteroatoms. The van der Waals surface area contributed by atoms with Crippen molar-refractivity contribution in [3.05, 3.63) is 35.9 Å². The number of alkyl halides is 3. The molecule has 18 nitrogen and oxygen atoms in total. The highest BCUT2D eigenvalue weighted by Gasteiger charge is 2.42. The second kappa shape index (κ2) is 20.8. The number of carboxylic acid groups (broad SMARTS) is 3. The fraction of sp³-hybridized carbons (Fsp3) is 0.533. The number of rotatable bonds is 17. The lowest BCUT2D eigenvalue weighted by Gasteiger charge is -2.28. The molecule has 0 unspecified atom stereocenters. The van der Waals surface area contributed by atoms with E-state index in [1.54, 1.807) is 38.1 Å². The molecule has 0 aromatic heterocycles. The quantitative estimate of drug-likeness (QED) is 0.0602. The van der Waals surface area contributed by atoms with Crippen molar-refractivity contribution in [1.29, 1.82) is 0 Å². The first-order chi connectivity index (χ1) is 23.7. The molecule has 0 bridgehead atoms. The number of guanidine groups is 1. The highest BCUT2D eigenvalue weighted by molar-refractivity contribution is 5.97. The molecule has 1 aromatic carbocycles. The lowest BCUT2D eigenvalue weighted by molar-refractivity contribution is -0.192. The minimum atomic E-state index is -5.08. The van der Waals surface area contributed by atoms with Gasteiger partial charge >= 0.3 is 30.2 Å². The van der Waals surface area contributed by atoms with Crippen LogP contribution in [-0.4, -0.2) is 111 Å². The largest absolute Gasteiger partial charge is 0.490 e. The van der Waals surface area contributed by atoms with Crippen molar-refractivity contribution in [3.63, 3.8) is 0 Å². The van der Waals surface area contributed by atoms with Crippen LogP contribution in [0.3, 0.4) is 0 Å². The van der Waals surface area contributed by atoms with Crippen LogP contribution < -0.4 is 27.4 Å². The number of likely N-dealkylation sites (tertiary alicyclic amines) is 1. The summed E-state index contributed by atoms with van der Waals surface area (Å²) in [6.45, 7) is 3.58. The first-order valence-corrected chi connectivity index (χ1v) is 15.4. The highest BCUT2D eigenvalue weighted by atomic mass is 19.4. The SMILES string of the molecule is CC(C)C[C@H](NC(=O)[C@H](CC(=O)O)N1CC[C@H](NC(=O)[C@H](CCCN=C(N)N)NC(=O)OCc2ccccc2)C1=O)C(=O)O.O=C(O)C(F)(F)F. The molecule has 51 heavy (non-hydrogen) atoms. The smallest absolute Gasteiger partial charge is 0.481 e. The van der Waals surface area contributed by atoms with E-state index in [2.05, 4.69) is 20.9 Å². The van der Waals surface area contributed by atoms with Crippen LogP contribution >= 0.6 is 0 Å².